The van der Waals surface area contributed by atoms with Crippen molar-refractivity contribution in [1.29, 1.82) is 0 Å². The van der Waals surface area contributed by atoms with Gasteiger partial charge in [0.2, 0.25) is 0 Å². The van der Waals surface area contributed by atoms with Crippen molar-refractivity contribution in [2.45, 2.75) is 25.8 Å². The van der Waals surface area contributed by atoms with Crippen LogP contribution in [0.2, 0.25) is 0 Å². The minimum absolute atomic E-state index is 0.0189. The molecule has 1 unspecified atom stereocenters. The van der Waals surface area contributed by atoms with Gasteiger partial charge < -0.3 is 10.1 Å². The van der Waals surface area contributed by atoms with Gasteiger partial charge in [0.25, 0.3) is 5.91 Å². The van der Waals surface area contributed by atoms with E-state index in [1.807, 2.05) is 24.3 Å². The van der Waals surface area contributed by atoms with Gasteiger partial charge >= 0.3 is 0 Å². The third-order valence-corrected chi connectivity index (χ3v) is 4.16. The summed E-state index contributed by atoms with van der Waals surface area (Å²) in [5, 5.41) is 3.09. The average Bonchev–Trinajstić information content (AvgIpc) is 2.40. The Morgan fingerprint density at radius 2 is 1.94 bits per heavy atom. The second kappa shape index (κ2) is 6.52. The molecule has 0 spiro atoms. The molecule has 1 aliphatic rings. The van der Waals surface area contributed by atoms with Crippen molar-refractivity contribution < 1.29 is 9.53 Å². The number of carbonyl (C=O) groups excluding carboxylic acids is 1. The molecule has 98 valence electrons. The summed E-state index contributed by atoms with van der Waals surface area (Å²) in [6.07, 6.45) is 2.07. The Balaban J connectivity index is 1.91. The maximum absolute atomic E-state index is 12.1. The van der Waals surface area contributed by atoms with Crippen molar-refractivity contribution in [2.24, 2.45) is 5.92 Å². The number of nitrogens with one attached hydrogen (secondary N) is 1. The fourth-order valence-electron chi connectivity index (χ4n) is 2.23. The van der Waals surface area contributed by atoms with Crippen molar-refractivity contribution in [3.63, 3.8) is 0 Å². The van der Waals surface area contributed by atoms with Crippen molar-refractivity contribution in [1.82, 2.24) is 5.32 Å². The molecule has 4 heteroatoms. The third kappa shape index (κ3) is 3.68. The molecular formula is C14H18INO2. The number of amides is 1. The summed E-state index contributed by atoms with van der Waals surface area (Å²) < 4.78 is 6.48. The summed E-state index contributed by atoms with van der Waals surface area (Å²) in [4.78, 5) is 12.1. The minimum atomic E-state index is 0.0189. The van der Waals surface area contributed by atoms with E-state index in [1.165, 1.54) is 0 Å². The van der Waals surface area contributed by atoms with Gasteiger partial charge in [-0.05, 0) is 72.5 Å². The monoisotopic (exact) mass is 359 g/mol. The second-order valence-electron chi connectivity index (χ2n) is 4.72. The molecule has 1 atom stereocenters. The Bertz CT molecular complexity index is 399. The van der Waals surface area contributed by atoms with Gasteiger partial charge in [0.15, 0.2) is 0 Å². The number of ether oxygens (including phenoxy) is 1. The zero-order valence-corrected chi connectivity index (χ0v) is 12.6. The summed E-state index contributed by atoms with van der Waals surface area (Å²) >= 11 is 2.23. The predicted octanol–water partition coefficient (Wildman–Crippen LogP) is 2.84. The van der Waals surface area contributed by atoms with E-state index in [-0.39, 0.29) is 11.9 Å². The molecule has 1 aliphatic heterocycles. The molecule has 0 bridgehead atoms. The van der Waals surface area contributed by atoms with Crippen LogP contribution in [0.1, 0.15) is 30.1 Å². The molecule has 1 N–H and O–H groups in total. The summed E-state index contributed by atoms with van der Waals surface area (Å²) in [5.41, 5.74) is 0.731. The molecule has 1 amide bonds. The van der Waals surface area contributed by atoms with E-state index in [1.54, 1.807) is 0 Å². The Labute approximate surface area is 121 Å². The summed E-state index contributed by atoms with van der Waals surface area (Å²) in [6, 6.07) is 7.85. The third-order valence-electron chi connectivity index (χ3n) is 3.44. The van der Waals surface area contributed by atoms with Crippen molar-refractivity contribution in [3.05, 3.63) is 33.4 Å². The smallest absolute Gasteiger partial charge is 0.251 e. The number of hydrogen-bond acceptors (Lipinski definition) is 2. The first-order valence-corrected chi connectivity index (χ1v) is 7.39. The number of rotatable bonds is 3. The van der Waals surface area contributed by atoms with Gasteiger partial charge in [-0.3, -0.25) is 4.79 Å². The van der Waals surface area contributed by atoms with Gasteiger partial charge in [-0.2, -0.15) is 0 Å². The van der Waals surface area contributed by atoms with Gasteiger partial charge in [0.1, 0.15) is 0 Å². The summed E-state index contributed by atoms with van der Waals surface area (Å²) in [7, 11) is 0. The average molecular weight is 359 g/mol. The molecule has 2 rings (SSSR count). The Morgan fingerprint density at radius 3 is 2.56 bits per heavy atom. The van der Waals surface area contributed by atoms with Crippen LogP contribution < -0.4 is 5.32 Å². The topological polar surface area (TPSA) is 38.3 Å². The lowest BCUT2D eigenvalue weighted by atomic mass is 9.93. The van der Waals surface area contributed by atoms with E-state index in [9.17, 15) is 4.79 Å². The highest BCUT2D eigenvalue weighted by Gasteiger charge is 2.22. The molecule has 1 aromatic rings. The lowest BCUT2D eigenvalue weighted by Crippen LogP contribution is -2.40. The van der Waals surface area contributed by atoms with Crippen LogP contribution in [0.25, 0.3) is 0 Å². The Kier molecular flexibility index (Phi) is 5.00. The first-order valence-electron chi connectivity index (χ1n) is 6.31. The SMILES string of the molecule is CC(NC(=O)c1ccc(I)cc1)C1CCOCC1. The minimum Gasteiger partial charge on any atom is -0.381 e. The quantitative estimate of drug-likeness (QED) is 0.843. The lowest BCUT2D eigenvalue weighted by Gasteiger charge is -2.28. The maximum Gasteiger partial charge on any atom is 0.251 e. The van der Waals surface area contributed by atoms with E-state index in [0.717, 1.165) is 35.2 Å². The van der Waals surface area contributed by atoms with Crippen molar-refractivity contribution >= 4 is 28.5 Å². The largest absolute Gasteiger partial charge is 0.381 e. The number of hydrogen-bond donors (Lipinski definition) is 1. The molecule has 1 fully saturated rings. The van der Waals surface area contributed by atoms with Gasteiger partial charge in [-0.15, -0.1) is 0 Å². The van der Waals surface area contributed by atoms with E-state index in [4.69, 9.17) is 4.74 Å². The molecule has 1 saturated heterocycles. The molecule has 1 heterocycles. The van der Waals surface area contributed by atoms with E-state index >= 15 is 0 Å². The van der Waals surface area contributed by atoms with Gasteiger partial charge in [-0.25, -0.2) is 0 Å². The maximum atomic E-state index is 12.1. The standard InChI is InChI=1S/C14H18INO2/c1-10(11-6-8-18-9-7-11)16-14(17)12-2-4-13(15)5-3-12/h2-5,10-11H,6-9H2,1H3,(H,16,17). The molecule has 3 nitrogen and oxygen atoms in total. The van der Waals surface area contributed by atoms with Crippen LogP contribution in [-0.2, 0) is 4.74 Å². The van der Waals surface area contributed by atoms with Crippen LogP contribution in [0, 0.1) is 9.49 Å². The molecule has 18 heavy (non-hydrogen) atoms. The zero-order chi connectivity index (χ0) is 13.0. The molecule has 0 aromatic heterocycles. The van der Waals surface area contributed by atoms with Crippen LogP contribution in [0.4, 0.5) is 0 Å². The molecule has 1 aromatic carbocycles. The van der Waals surface area contributed by atoms with Gasteiger partial charge in [-0.1, -0.05) is 0 Å². The van der Waals surface area contributed by atoms with Gasteiger partial charge in [0, 0.05) is 28.4 Å². The zero-order valence-electron chi connectivity index (χ0n) is 10.5. The highest BCUT2D eigenvalue weighted by molar-refractivity contribution is 14.1. The fraction of sp³-hybridized carbons (Fsp3) is 0.500. The predicted molar refractivity (Wildman–Crippen MR) is 79.6 cm³/mol. The normalized spacial score (nSPS) is 18.3. The van der Waals surface area contributed by atoms with Crippen LogP contribution in [-0.4, -0.2) is 25.2 Å². The highest BCUT2D eigenvalue weighted by atomic mass is 127. The van der Waals surface area contributed by atoms with Crippen molar-refractivity contribution in [3.8, 4) is 0 Å². The lowest BCUT2D eigenvalue weighted by molar-refractivity contribution is 0.0538. The van der Waals surface area contributed by atoms with Crippen LogP contribution in [0.15, 0.2) is 24.3 Å². The molecule has 0 saturated carbocycles. The summed E-state index contributed by atoms with van der Waals surface area (Å²) in [5.74, 6) is 0.553. The van der Waals surface area contributed by atoms with Crippen LogP contribution in [0.3, 0.4) is 0 Å². The number of carbonyl (C=O) groups is 1. The van der Waals surface area contributed by atoms with Crippen LogP contribution >= 0.6 is 22.6 Å². The Hall–Kier alpha value is -0.620. The number of halogens is 1. The number of benzene rings is 1. The van der Waals surface area contributed by atoms with Gasteiger partial charge in [0.05, 0.1) is 0 Å². The molecule has 0 aliphatic carbocycles. The first kappa shape index (κ1) is 13.8. The highest BCUT2D eigenvalue weighted by Crippen LogP contribution is 2.19. The van der Waals surface area contributed by atoms with Crippen molar-refractivity contribution in [2.75, 3.05) is 13.2 Å². The first-order chi connectivity index (χ1) is 8.66. The second-order valence-corrected chi connectivity index (χ2v) is 5.96. The summed E-state index contributed by atoms with van der Waals surface area (Å²) in [6.45, 7) is 3.71. The van der Waals surface area contributed by atoms with E-state index in [2.05, 4.69) is 34.8 Å². The fourth-order valence-corrected chi connectivity index (χ4v) is 2.58. The molecular weight excluding hydrogens is 341 g/mol. The van der Waals surface area contributed by atoms with Crippen LogP contribution in [0.5, 0.6) is 0 Å². The van der Waals surface area contributed by atoms with E-state index in [0.29, 0.717) is 5.92 Å². The van der Waals surface area contributed by atoms with E-state index < -0.39 is 0 Å². The Morgan fingerprint density at radius 1 is 1.33 bits per heavy atom. The molecule has 0 radical (unpaired) electrons.